The number of halogens is 2. The third-order valence-electron chi connectivity index (χ3n) is 2.33. The molecule has 0 saturated carbocycles. The zero-order valence-corrected chi connectivity index (χ0v) is 13.1. The number of carbonyl (C=O) groups is 2. The molecule has 4 nitrogen and oxygen atoms in total. The highest BCUT2D eigenvalue weighted by atomic mass is 35.5. The normalized spacial score (nSPS) is 12.6. The summed E-state index contributed by atoms with van der Waals surface area (Å²) in [5, 5.41) is 3.37. The van der Waals surface area contributed by atoms with E-state index in [2.05, 4.69) is 5.32 Å². The first-order chi connectivity index (χ1) is 9.92. The number of anilines is 1. The molecule has 0 spiro atoms. The van der Waals surface area contributed by atoms with Gasteiger partial charge in [0.2, 0.25) is 0 Å². The summed E-state index contributed by atoms with van der Waals surface area (Å²) in [7, 11) is 0. The number of allylic oxidation sites excluding steroid dienone is 3. The molecular weight excluding hydrogens is 313 g/mol. The van der Waals surface area contributed by atoms with Crippen molar-refractivity contribution < 1.29 is 14.3 Å². The van der Waals surface area contributed by atoms with Gasteiger partial charge in [0.25, 0.3) is 5.91 Å². The number of rotatable bonds is 5. The standard InChI is InChI=1S/C15H15Cl2NO3/c1-3-4-5-6-14(19)21-10(2)15(20)18-13-8-11(16)7-12(17)9-13/h3-10H,1-2H3,(H,18,20)/b4-3+,6-5+. The summed E-state index contributed by atoms with van der Waals surface area (Å²) in [5.41, 5.74) is 0.435. The Balaban J connectivity index is 2.60. The van der Waals surface area contributed by atoms with Gasteiger partial charge in [-0.3, -0.25) is 4.79 Å². The molecule has 0 aliphatic carbocycles. The lowest BCUT2D eigenvalue weighted by atomic mass is 10.3. The molecule has 112 valence electrons. The molecule has 0 heterocycles. The van der Waals surface area contributed by atoms with E-state index in [-0.39, 0.29) is 0 Å². The molecule has 1 aromatic rings. The number of esters is 1. The van der Waals surface area contributed by atoms with Crippen LogP contribution in [0, 0.1) is 0 Å². The van der Waals surface area contributed by atoms with Crippen molar-refractivity contribution in [1.82, 2.24) is 0 Å². The molecule has 0 aromatic heterocycles. The quantitative estimate of drug-likeness (QED) is 0.505. The first kappa shape index (κ1) is 17.3. The average molecular weight is 328 g/mol. The summed E-state index contributed by atoms with van der Waals surface area (Å²) in [5.74, 6) is -1.07. The second-order valence-electron chi connectivity index (χ2n) is 4.11. The topological polar surface area (TPSA) is 55.4 Å². The zero-order chi connectivity index (χ0) is 15.8. The molecule has 6 heteroatoms. The van der Waals surface area contributed by atoms with Crippen molar-refractivity contribution >= 4 is 40.8 Å². The Bertz CT molecular complexity index is 562. The van der Waals surface area contributed by atoms with Crippen LogP contribution in [0.4, 0.5) is 5.69 Å². The van der Waals surface area contributed by atoms with E-state index < -0.39 is 18.0 Å². The third kappa shape index (κ3) is 6.47. The van der Waals surface area contributed by atoms with Crippen LogP contribution in [0.15, 0.2) is 42.5 Å². The largest absolute Gasteiger partial charge is 0.449 e. The van der Waals surface area contributed by atoms with Gasteiger partial charge < -0.3 is 10.1 Å². The Morgan fingerprint density at radius 2 is 1.81 bits per heavy atom. The van der Waals surface area contributed by atoms with Gasteiger partial charge in [-0.05, 0) is 32.0 Å². The Kier molecular flexibility index (Phi) is 6.99. The second-order valence-corrected chi connectivity index (χ2v) is 4.98. The Morgan fingerprint density at radius 1 is 1.19 bits per heavy atom. The van der Waals surface area contributed by atoms with E-state index in [0.717, 1.165) is 0 Å². The smallest absolute Gasteiger partial charge is 0.331 e. The van der Waals surface area contributed by atoms with Crippen LogP contribution in [-0.4, -0.2) is 18.0 Å². The van der Waals surface area contributed by atoms with Gasteiger partial charge in [-0.25, -0.2) is 4.79 Å². The molecule has 0 aliphatic heterocycles. The molecule has 0 aliphatic rings. The first-order valence-corrected chi connectivity index (χ1v) is 6.95. The number of carbonyl (C=O) groups excluding carboxylic acids is 2. The maximum atomic E-state index is 11.9. The Labute approximate surface area is 133 Å². The molecular formula is C15H15Cl2NO3. The predicted molar refractivity (Wildman–Crippen MR) is 84.6 cm³/mol. The van der Waals surface area contributed by atoms with Crippen molar-refractivity contribution in [2.24, 2.45) is 0 Å². The van der Waals surface area contributed by atoms with E-state index >= 15 is 0 Å². The van der Waals surface area contributed by atoms with E-state index in [1.54, 1.807) is 30.4 Å². The van der Waals surface area contributed by atoms with Gasteiger partial charge in [0.1, 0.15) is 0 Å². The van der Waals surface area contributed by atoms with Crippen LogP contribution < -0.4 is 5.32 Å². The van der Waals surface area contributed by atoms with E-state index in [1.165, 1.54) is 19.1 Å². The van der Waals surface area contributed by atoms with Crippen molar-refractivity contribution in [3.8, 4) is 0 Å². The van der Waals surface area contributed by atoms with Crippen LogP contribution in [0.25, 0.3) is 0 Å². The molecule has 0 radical (unpaired) electrons. The van der Waals surface area contributed by atoms with Crippen LogP contribution in [-0.2, 0) is 14.3 Å². The fraction of sp³-hybridized carbons (Fsp3) is 0.200. The molecule has 0 fully saturated rings. The highest BCUT2D eigenvalue weighted by Gasteiger charge is 2.16. The number of ether oxygens (including phenoxy) is 1. The number of hydrogen-bond acceptors (Lipinski definition) is 3. The van der Waals surface area contributed by atoms with Gasteiger partial charge in [-0.15, -0.1) is 0 Å². The zero-order valence-electron chi connectivity index (χ0n) is 11.6. The van der Waals surface area contributed by atoms with Crippen molar-refractivity contribution in [2.45, 2.75) is 20.0 Å². The van der Waals surface area contributed by atoms with Crippen molar-refractivity contribution in [3.63, 3.8) is 0 Å². The van der Waals surface area contributed by atoms with E-state index in [1.807, 2.05) is 6.92 Å². The van der Waals surface area contributed by atoms with Crippen molar-refractivity contribution in [3.05, 3.63) is 52.5 Å². The molecule has 1 N–H and O–H groups in total. The molecule has 0 bridgehead atoms. The fourth-order valence-electron chi connectivity index (χ4n) is 1.38. The summed E-state index contributed by atoms with van der Waals surface area (Å²) in [6, 6.07) is 4.64. The number of nitrogens with one attached hydrogen (secondary N) is 1. The predicted octanol–water partition coefficient (Wildman–Crippen LogP) is 4.00. The first-order valence-electron chi connectivity index (χ1n) is 6.19. The van der Waals surface area contributed by atoms with Crippen molar-refractivity contribution in [2.75, 3.05) is 5.32 Å². The lowest BCUT2D eigenvalue weighted by Gasteiger charge is -2.12. The van der Waals surface area contributed by atoms with Crippen LogP contribution >= 0.6 is 23.2 Å². The van der Waals surface area contributed by atoms with Crippen LogP contribution in [0.5, 0.6) is 0 Å². The maximum Gasteiger partial charge on any atom is 0.331 e. The van der Waals surface area contributed by atoms with Gasteiger partial charge in [-0.2, -0.15) is 0 Å². The van der Waals surface area contributed by atoms with Gasteiger partial charge in [0.15, 0.2) is 6.10 Å². The summed E-state index contributed by atoms with van der Waals surface area (Å²) < 4.78 is 4.95. The Morgan fingerprint density at radius 3 is 2.38 bits per heavy atom. The lowest BCUT2D eigenvalue weighted by Crippen LogP contribution is -2.29. The highest BCUT2D eigenvalue weighted by molar-refractivity contribution is 6.35. The van der Waals surface area contributed by atoms with Gasteiger partial charge in [0, 0.05) is 21.8 Å². The molecule has 1 atom stereocenters. The molecule has 1 aromatic carbocycles. The van der Waals surface area contributed by atoms with Crippen LogP contribution in [0.2, 0.25) is 10.0 Å². The number of benzene rings is 1. The number of hydrogen-bond donors (Lipinski definition) is 1. The van der Waals surface area contributed by atoms with Gasteiger partial charge in [0.05, 0.1) is 0 Å². The Hall–Kier alpha value is -1.78. The van der Waals surface area contributed by atoms with Crippen LogP contribution in [0.1, 0.15) is 13.8 Å². The highest BCUT2D eigenvalue weighted by Crippen LogP contribution is 2.22. The molecule has 1 rings (SSSR count). The van der Waals surface area contributed by atoms with Crippen molar-refractivity contribution in [1.29, 1.82) is 0 Å². The van der Waals surface area contributed by atoms with Crippen LogP contribution in [0.3, 0.4) is 0 Å². The summed E-state index contributed by atoms with van der Waals surface area (Å²) in [6.45, 7) is 3.30. The fourth-order valence-corrected chi connectivity index (χ4v) is 1.91. The van der Waals surface area contributed by atoms with E-state index in [0.29, 0.717) is 15.7 Å². The molecule has 1 amide bonds. The summed E-state index contributed by atoms with van der Waals surface area (Å²) in [4.78, 5) is 23.3. The third-order valence-corrected chi connectivity index (χ3v) is 2.76. The molecule has 21 heavy (non-hydrogen) atoms. The number of amides is 1. The van der Waals surface area contributed by atoms with Gasteiger partial charge in [-0.1, -0.05) is 41.4 Å². The molecule has 1 unspecified atom stereocenters. The summed E-state index contributed by atoms with van der Waals surface area (Å²) in [6.07, 6.45) is 5.28. The minimum Gasteiger partial charge on any atom is -0.449 e. The van der Waals surface area contributed by atoms with E-state index in [9.17, 15) is 9.59 Å². The summed E-state index contributed by atoms with van der Waals surface area (Å²) >= 11 is 11.7. The molecule has 0 saturated heterocycles. The minimum absolute atomic E-state index is 0.400. The lowest BCUT2D eigenvalue weighted by molar-refractivity contribution is -0.148. The second kappa shape index (κ2) is 8.49. The SMILES string of the molecule is C/C=C/C=C/C(=O)OC(C)C(=O)Nc1cc(Cl)cc(Cl)c1. The van der Waals surface area contributed by atoms with Gasteiger partial charge >= 0.3 is 5.97 Å². The monoisotopic (exact) mass is 327 g/mol. The van der Waals surface area contributed by atoms with E-state index in [4.69, 9.17) is 27.9 Å². The minimum atomic E-state index is -0.939. The maximum absolute atomic E-state index is 11.9. The average Bonchev–Trinajstić information content (AvgIpc) is 2.37.